The van der Waals surface area contributed by atoms with Crippen LogP contribution in [0.4, 0.5) is 0 Å². The monoisotopic (exact) mass is 172 g/mol. The predicted molar refractivity (Wildman–Crippen MR) is 48.8 cm³/mol. The summed E-state index contributed by atoms with van der Waals surface area (Å²) in [7, 11) is 0. The summed E-state index contributed by atoms with van der Waals surface area (Å²) in [5, 5.41) is 0. The van der Waals surface area contributed by atoms with Crippen LogP contribution >= 0.6 is 0 Å². The third kappa shape index (κ3) is 4.07. The molecule has 1 unspecified atom stereocenters. The Hall–Kier alpha value is -0.0800. The van der Waals surface area contributed by atoms with Crippen LogP contribution < -0.4 is 0 Å². The fourth-order valence-corrected chi connectivity index (χ4v) is 1.54. The number of hydrogen-bond donors (Lipinski definition) is 0. The lowest BCUT2D eigenvalue weighted by atomic mass is 10.1. The summed E-state index contributed by atoms with van der Waals surface area (Å²) >= 11 is 0. The highest BCUT2D eigenvalue weighted by Gasteiger charge is 2.12. The Balaban J connectivity index is 2.04. The van der Waals surface area contributed by atoms with E-state index in [4.69, 9.17) is 9.78 Å². The first kappa shape index (κ1) is 10.0. The highest BCUT2D eigenvalue weighted by molar-refractivity contribution is 4.59. The molecule has 0 aromatic rings. The number of hydrogen-bond acceptors (Lipinski definition) is 2. The molecular formula is C10H20O2. The normalized spacial score (nSPS) is 25.2. The Morgan fingerprint density at radius 3 is 3.00 bits per heavy atom. The van der Waals surface area contributed by atoms with E-state index in [1.54, 1.807) is 0 Å². The van der Waals surface area contributed by atoms with Crippen molar-refractivity contribution in [2.75, 3.05) is 6.61 Å². The Bertz CT molecular complexity index is 96.0. The molecule has 1 aliphatic rings. The van der Waals surface area contributed by atoms with Gasteiger partial charge in [-0.3, -0.25) is 0 Å². The van der Waals surface area contributed by atoms with Crippen molar-refractivity contribution in [2.24, 2.45) is 0 Å². The van der Waals surface area contributed by atoms with E-state index in [9.17, 15) is 0 Å². The predicted octanol–water partition coefficient (Wildman–Crippen LogP) is 3.07. The Morgan fingerprint density at radius 2 is 2.17 bits per heavy atom. The molecule has 0 bridgehead atoms. The summed E-state index contributed by atoms with van der Waals surface area (Å²) in [5.41, 5.74) is 0. The molecule has 1 aliphatic heterocycles. The minimum Gasteiger partial charge on any atom is -0.236 e. The maximum Gasteiger partial charge on any atom is 0.0930 e. The number of rotatable bonds is 4. The molecule has 1 rings (SSSR count). The first-order valence-corrected chi connectivity index (χ1v) is 5.21. The molecule has 0 amide bonds. The van der Waals surface area contributed by atoms with Gasteiger partial charge in [0.05, 0.1) is 12.7 Å². The quantitative estimate of drug-likeness (QED) is 0.479. The van der Waals surface area contributed by atoms with E-state index in [1.165, 1.54) is 38.5 Å². The average molecular weight is 172 g/mol. The van der Waals surface area contributed by atoms with Gasteiger partial charge >= 0.3 is 0 Å². The summed E-state index contributed by atoms with van der Waals surface area (Å²) in [5.74, 6) is 0. The third-order valence-electron chi connectivity index (χ3n) is 2.34. The topological polar surface area (TPSA) is 18.5 Å². The Labute approximate surface area is 75.2 Å². The fourth-order valence-electron chi connectivity index (χ4n) is 1.54. The maximum absolute atomic E-state index is 5.25. The molecule has 72 valence electrons. The highest BCUT2D eigenvalue weighted by atomic mass is 17.2. The van der Waals surface area contributed by atoms with Gasteiger partial charge in [-0.05, 0) is 25.7 Å². The van der Waals surface area contributed by atoms with Crippen molar-refractivity contribution < 1.29 is 9.78 Å². The van der Waals surface area contributed by atoms with Crippen LogP contribution in [0.5, 0.6) is 0 Å². The second-order valence-electron chi connectivity index (χ2n) is 3.53. The highest BCUT2D eigenvalue weighted by Crippen LogP contribution is 2.16. The molecule has 1 heterocycles. The van der Waals surface area contributed by atoms with Crippen molar-refractivity contribution in [1.82, 2.24) is 0 Å². The van der Waals surface area contributed by atoms with E-state index < -0.39 is 0 Å². The summed E-state index contributed by atoms with van der Waals surface area (Å²) < 4.78 is 0. The first-order valence-electron chi connectivity index (χ1n) is 5.21. The summed E-state index contributed by atoms with van der Waals surface area (Å²) in [6.45, 7) is 3.01. The van der Waals surface area contributed by atoms with Crippen LogP contribution in [-0.4, -0.2) is 12.7 Å². The standard InChI is InChI=1S/C10H20O2/c1-2-3-4-7-10-8-5-6-9-11-12-10/h10H,2-9H2,1H3. The molecule has 1 atom stereocenters. The minimum absolute atomic E-state index is 0.374. The second kappa shape index (κ2) is 6.44. The lowest BCUT2D eigenvalue weighted by Gasteiger charge is -2.11. The molecule has 1 fully saturated rings. The zero-order valence-corrected chi connectivity index (χ0v) is 8.05. The van der Waals surface area contributed by atoms with Gasteiger partial charge in [0.15, 0.2) is 0 Å². The SMILES string of the molecule is CCCCCC1CCCCOO1. The molecule has 0 aromatic carbocycles. The van der Waals surface area contributed by atoms with Crippen LogP contribution in [0.3, 0.4) is 0 Å². The largest absolute Gasteiger partial charge is 0.236 e. The van der Waals surface area contributed by atoms with Crippen LogP contribution in [-0.2, 0) is 9.78 Å². The van der Waals surface area contributed by atoms with Crippen LogP contribution in [0.25, 0.3) is 0 Å². The smallest absolute Gasteiger partial charge is 0.0930 e. The second-order valence-corrected chi connectivity index (χ2v) is 3.53. The van der Waals surface area contributed by atoms with Crippen molar-refractivity contribution >= 4 is 0 Å². The van der Waals surface area contributed by atoms with Gasteiger partial charge in [-0.2, -0.15) is 0 Å². The Kier molecular flexibility index (Phi) is 5.37. The van der Waals surface area contributed by atoms with E-state index >= 15 is 0 Å². The van der Waals surface area contributed by atoms with Gasteiger partial charge < -0.3 is 0 Å². The van der Waals surface area contributed by atoms with E-state index in [-0.39, 0.29) is 0 Å². The molecular weight excluding hydrogens is 152 g/mol. The van der Waals surface area contributed by atoms with Crippen molar-refractivity contribution in [2.45, 2.75) is 58.0 Å². The zero-order chi connectivity index (χ0) is 8.65. The van der Waals surface area contributed by atoms with E-state index in [1.807, 2.05) is 0 Å². The molecule has 0 saturated carbocycles. The van der Waals surface area contributed by atoms with Gasteiger partial charge in [0.1, 0.15) is 0 Å². The van der Waals surface area contributed by atoms with Crippen molar-refractivity contribution in [3.63, 3.8) is 0 Å². The van der Waals surface area contributed by atoms with Gasteiger partial charge in [0, 0.05) is 0 Å². The molecule has 0 aliphatic carbocycles. The van der Waals surface area contributed by atoms with Crippen molar-refractivity contribution in [3.05, 3.63) is 0 Å². The van der Waals surface area contributed by atoms with Crippen molar-refractivity contribution in [1.29, 1.82) is 0 Å². The summed E-state index contributed by atoms with van der Waals surface area (Å²) in [4.78, 5) is 10.3. The van der Waals surface area contributed by atoms with E-state index in [2.05, 4.69) is 6.92 Å². The van der Waals surface area contributed by atoms with Crippen LogP contribution in [0.1, 0.15) is 51.9 Å². The van der Waals surface area contributed by atoms with Gasteiger partial charge in [-0.15, -0.1) is 0 Å². The summed E-state index contributed by atoms with van der Waals surface area (Å²) in [6, 6.07) is 0. The zero-order valence-electron chi connectivity index (χ0n) is 8.05. The van der Waals surface area contributed by atoms with Gasteiger partial charge in [0.25, 0.3) is 0 Å². The lowest BCUT2D eigenvalue weighted by molar-refractivity contribution is -0.318. The minimum atomic E-state index is 0.374. The van der Waals surface area contributed by atoms with Crippen molar-refractivity contribution in [3.8, 4) is 0 Å². The van der Waals surface area contributed by atoms with E-state index in [0.717, 1.165) is 13.0 Å². The van der Waals surface area contributed by atoms with Gasteiger partial charge in [0.2, 0.25) is 0 Å². The first-order chi connectivity index (χ1) is 5.93. The Morgan fingerprint density at radius 1 is 1.25 bits per heavy atom. The fraction of sp³-hybridized carbons (Fsp3) is 1.00. The molecule has 1 saturated heterocycles. The molecule has 12 heavy (non-hydrogen) atoms. The lowest BCUT2D eigenvalue weighted by Crippen LogP contribution is -2.10. The summed E-state index contributed by atoms with van der Waals surface area (Å²) in [6.07, 6.45) is 9.04. The molecule has 0 N–H and O–H groups in total. The maximum atomic E-state index is 5.25. The number of unbranched alkanes of at least 4 members (excludes halogenated alkanes) is 2. The van der Waals surface area contributed by atoms with E-state index in [0.29, 0.717) is 6.10 Å². The average Bonchev–Trinajstić information content (AvgIpc) is 2.33. The third-order valence-corrected chi connectivity index (χ3v) is 2.34. The van der Waals surface area contributed by atoms with Crippen LogP contribution in [0.15, 0.2) is 0 Å². The van der Waals surface area contributed by atoms with Gasteiger partial charge in [-0.25, -0.2) is 9.78 Å². The van der Waals surface area contributed by atoms with Gasteiger partial charge in [-0.1, -0.05) is 26.2 Å². The molecule has 0 radical (unpaired) electrons. The molecule has 2 nitrogen and oxygen atoms in total. The van der Waals surface area contributed by atoms with Crippen LogP contribution in [0, 0.1) is 0 Å². The molecule has 2 heteroatoms. The van der Waals surface area contributed by atoms with Crippen LogP contribution in [0.2, 0.25) is 0 Å². The molecule has 0 spiro atoms. The molecule has 0 aromatic heterocycles.